The summed E-state index contributed by atoms with van der Waals surface area (Å²) in [5, 5.41) is 3.05. The first kappa shape index (κ1) is 14.9. The van der Waals surface area contributed by atoms with Gasteiger partial charge in [0.2, 0.25) is 5.91 Å². The Hall–Kier alpha value is -1.55. The van der Waals surface area contributed by atoms with Gasteiger partial charge in [-0.2, -0.15) is 0 Å². The quantitative estimate of drug-likeness (QED) is 0.869. The van der Waals surface area contributed by atoms with E-state index in [0.29, 0.717) is 32.2 Å². The topological polar surface area (TPSA) is 47.6 Å². The Morgan fingerprint density at radius 1 is 1.50 bits per heavy atom. The fourth-order valence-corrected chi connectivity index (χ4v) is 2.34. The third-order valence-corrected chi connectivity index (χ3v) is 3.49. The van der Waals surface area contributed by atoms with Crippen LogP contribution in [0.25, 0.3) is 0 Å². The van der Waals surface area contributed by atoms with Crippen molar-refractivity contribution in [1.29, 1.82) is 0 Å². The highest BCUT2D eigenvalue weighted by Crippen LogP contribution is 2.27. The van der Waals surface area contributed by atoms with Crippen molar-refractivity contribution in [3.05, 3.63) is 29.3 Å². The van der Waals surface area contributed by atoms with Gasteiger partial charge in [-0.15, -0.1) is 0 Å². The second-order valence-corrected chi connectivity index (χ2v) is 5.37. The maximum absolute atomic E-state index is 12.0. The van der Waals surface area contributed by atoms with Crippen LogP contribution in [0.1, 0.15) is 37.4 Å². The van der Waals surface area contributed by atoms with Crippen LogP contribution in [0.15, 0.2) is 18.2 Å². The molecule has 0 aromatic heterocycles. The second kappa shape index (κ2) is 6.75. The van der Waals surface area contributed by atoms with Crippen LogP contribution >= 0.6 is 0 Å². The number of carbonyl (C=O) groups excluding carboxylic acids is 1. The van der Waals surface area contributed by atoms with Crippen molar-refractivity contribution in [3.63, 3.8) is 0 Å². The molecular weight excluding hydrogens is 254 g/mol. The number of rotatable bonds is 6. The number of benzene rings is 1. The fraction of sp³-hybridized carbons (Fsp3) is 0.562. The van der Waals surface area contributed by atoms with Gasteiger partial charge in [-0.05, 0) is 26.8 Å². The van der Waals surface area contributed by atoms with Crippen LogP contribution in [0.3, 0.4) is 0 Å². The van der Waals surface area contributed by atoms with E-state index in [4.69, 9.17) is 9.47 Å². The van der Waals surface area contributed by atoms with Crippen LogP contribution in [0.4, 0.5) is 0 Å². The molecule has 1 atom stereocenters. The summed E-state index contributed by atoms with van der Waals surface area (Å²) >= 11 is 0. The molecule has 1 aliphatic rings. The van der Waals surface area contributed by atoms with Crippen LogP contribution in [-0.4, -0.2) is 25.7 Å². The van der Waals surface area contributed by atoms with Crippen LogP contribution in [0.2, 0.25) is 0 Å². The molecule has 1 aromatic carbocycles. The van der Waals surface area contributed by atoms with Crippen molar-refractivity contribution in [2.24, 2.45) is 5.92 Å². The molecule has 0 bridgehead atoms. The molecule has 110 valence electrons. The molecule has 1 aliphatic heterocycles. The zero-order valence-electron chi connectivity index (χ0n) is 12.4. The Labute approximate surface area is 120 Å². The highest BCUT2D eigenvalue weighted by atomic mass is 16.5. The number of hydrogen-bond donors (Lipinski definition) is 1. The molecule has 20 heavy (non-hydrogen) atoms. The van der Waals surface area contributed by atoms with Gasteiger partial charge in [0.15, 0.2) is 0 Å². The first-order valence-corrected chi connectivity index (χ1v) is 7.20. The lowest BCUT2D eigenvalue weighted by Crippen LogP contribution is -2.35. The van der Waals surface area contributed by atoms with Crippen LogP contribution in [-0.2, 0) is 9.53 Å². The van der Waals surface area contributed by atoms with Gasteiger partial charge in [-0.3, -0.25) is 4.79 Å². The highest BCUT2D eigenvalue weighted by molar-refractivity contribution is 5.77. The van der Waals surface area contributed by atoms with Crippen molar-refractivity contribution < 1.29 is 14.3 Å². The molecular formula is C16H23NO3. The van der Waals surface area contributed by atoms with Crippen molar-refractivity contribution in [3.8, 4) is 5.75 Å². The summed E-state index contributed by atoms with van der Waals surface area (Å²) in [6, 6.07) is 6.01. The standard InChI is InChI=1S/C16H23NO3/c1-4-20-15-6-5-11(2)7-14(15)12(3)17-16(18)8-13-9-19-10-13/h5-7,12-13H,4,8-10H2,1-3H3,(H,17,18). The van der Waals surface area contributed by atoms with Crippen molar-refractivity contribution >= 4 is 5.91 Å². The van der Waals surface area contributed by atoms with Gasteiger partial charge in [0.05, 0.1) is 25.9 Å². The normalized spacial score (nSPS) is 16.4. The smallest absolute Gasteiger partial charge is 0.220 e. The van der Waals surface area contributed by atoms with E-state index in [1.54, 1.807) is 0 Å². The summed E-state index contributed by atoms with van der Waals surface area (Å²) in [6.45, 7) is 8.03. The summed E-state index contributed by atoms with van der Waals surface area (Å²) in [6.07, 6.45) is 0.542. The van der Waals surface area contributed by atoms with Gasteiger partial charge in [0.1, 0.15) is 5.75 Å². The molecule has 2 rings (SSSR count). The number of carbonyl (C=O) groups is 1. The predicted molar refractivity (Wildman–Crippen MR) is 77.8 cm³/mol. The molecule has 4 heteroatoms. The number of hydrogen-bond acceptors (Lipinski definition) is 3. The summed E-state index contributed by atoms with van der Waals surface area (Å²) < 4.78 is 10.7. The molecule has 0 radical (unpaired) electrons. The molecule has 0 spiro atoms. The number of aryl methyl sites for hydroxylation is 1. The van der Waals surface area contributed by atoms with E-state index in [1.165, 1.54) is 0 Å². The largest absolute Gasteiger partial charge is 0.494 e. The van der Waals surface area contributed by atoms with E-state index in [2.05, 4.69) is 11.4 Å². The maximum atomic E-state index is 12.0. The lowest BCUT2D eigenvalue weighted by Gasteiger charge is -2.26. The Morgan fingerprint density at radius 3 is 2.85 bits per heavy atom. The predicted octanol–water partition coefficient (Wildman–Crippen LogP) is 2.61. The Balaban J connectivity index is 2.01. The van der Waals surface area contributed by atoms with Crippen LogP contribution < -0.4 is 10.1 Å². The van der Waals surface area contributed by atoms with Crippen LogP contribution in [0, 0.1) is 12.8 Å². The average Bonchev–Trinajstić information content (AvgIpc) is 2.36. The molecule has 1 saturated heterocycles. The van der Waals surface area contributed by atoms with E-state index in [9.17, 15) is 4.79 Å². The highest BCUT2D eigenvalue weighted by Gasteiger charge is 2.23. The molecule has 4 nitrogen and oxygen atoms in total. The van der Waals surface area contributed by atoms with E-state index < -0.39 is 0 Å². The molecule has 1 heterocycles. The minimum Gasteiger partial charge on any atom is -0.494 e. The first-order valence-electron chi connectivity index (χ1n) is 7.20. The summed E-state index contributed by atoms with van der Waals surface area (Å²) in [7, 11) is 0. The molecule has 1 fully saturated rings. The average molecular weight is 277 g/mol. The van der Waals surface area contributed by atoms with Gasteiger partial charge in [-0.1, -0.05) is 17.7 Å². The monoisotopic (exact) mass is 277 g/mol. The van der Waals surface area contributed by atoms with Crippen molar-refractivity contribution in [2.45, 2.75) is 33.2 Å². The van der Waals surface area contributed by atoms with Crippen molar-refractivity contribution in [2.75, 3.05) is 19.8 Å². The van der Waals surface area contributed by atoms with Gasteiger partial charge in [-0.25, -0.2) is 0 Å². The molecule has 0 aliphatic carbocycles. The van der Waals surface area contributed by atoms with Gasteiger partial charge >= 0.3 is 0 Å². The summed E-state index contributed by atoms with van der Waals surface area (Å²) in [5.41, 5.74) is 2.20. The Morgan fingerprint density at radius 2 is 2.25 bits per heavy atom. The number of ether oxygens (including phenoxy) is 2. The second-order valence-electron chi connectivity index (χ2n) is 5.37. The van der Waals surface area contributed by atoms with Crippen molar-refractivity contribution in [1.82, 2.24) is 5.32 Å². The minimum atomic E-state index is -0.0510. The fourth-order valence-electron chi connectivity index (χ4n) is 2.34. The van der Waals surface area contributed by atoms with E-state index >= 15 is 0 Å². The first-order chi connectivity index (χ1) is 9.60. The van der Waals surface area contributed by atoms with E-state index in [1.807, 2.05) is 32.9 Å². The van der Waals surface area contributed by atoms with Gasteiger partial charge in [0, 0.05) is 17.9 Å². The Bertz CT molecular complexity index is 469. The Kier molecular flexibility index (Phi) is 5.01. The third-order valence-electron chi connectivity index (χ3n) is 3.49. The van der Waals surface area contributed by atoms with Gasteiger partial charge < -0.3 is 14.8 Å². The molecule has 1 aromatic rings. The molecule has 1 amide bonds. The SMILES string of the molecule is CCOc1ccc(C)cc1C(C)NC(=O)CC1COC1. The number of nitrogens with one attached hydrogen (secondary N) is 1. The maximum Gasteiger partial charge on any atom is 0.220 e. The molecule has 0 saturated carbocycles. The van der Waals surface area contributed by atoms with E-state index in [0.717, 1.165) is 16.9 Å². The lowest BCUT2D eigenvalue weighted by molar-refractivity contribution is -0.127. The molecule has 1 N–H and O–H groups in total. The minimum absolute atomic E-state index is 0.0510. The number of amides is 1. The lowest BCUT2D eigenvalue weighted by atomic mass is 10.0. The molecule has 1 unspecified atom stereocenters. The van der Waals surface area contributed by atoms with Crippen LogP contribution in [0.5, 0.6) is 5.75 Å². The summed E-state index contributed by atoms with van der Waals surface area (Å²) in [5.74, 6) is 1.30. The third kappa shape index (κ3) is 3.73. The summed E-state index contributed by atoms with van der Waals surface area (Å²) in [4.78, 5) is 12.0. The zero-order valence-corrected chi connectivity index (χ0v) is 12.4. The zero-order chi connectivity index (χ0) is 14.5. The van der Waals surface area contributed by atoms with E-state index in [-0.39, 0.29) is 11.9 Å². The van der Waals surface area contributed by atoms with Gasteiger partial charge in [0.25, 0.3) is 0 Å².